The highest BCUT2D eigenvalue weighted by atomic mass is 15.3. The maximum absolute atomic E-state index is 4.59. The molecule has 100 valence electrons. The second-order valence-corrected chi connectivity index (χ2v) is 5.32. The third-order valence-corrected chi connectivity index (χ3v) is 4.15. The van der Waals surface area contributed by atoms with Crippen molar-refractivity contribution >= 4 is 0 Å². The molecule has 1 N–H and O–H groups in total. The Balaban J connectivity index is 1.84. The van der Waals surface area contributed by atoms with Gasteiger partial charge in [-0.05, 0) is 25.5 Å². The number of rotatable bonds is 3. The van der Waals surface area contributed by atoms with E-state index in [0.29, 0.717) is 12.1 Å². The summed E-state index contributed by atoms with van der Waals surface area (Å²) in [5.41, 5.74) is 2.45. The van der Waals surface area contributed by atoms with Gasteiger partial charge < -0.3 is 5.32 Å². The summed E-state index contributed by atoms with van der Waals surface area (Å²) in [4.78, 5) is 0. The van der Waals surface area contributed by atoms with E-state index in [-0.39, 0.29) is 0 Å². The van der Waals surface area contributed by atoms with Crippen LogP contribution in [0.2, 0.25) is 0 Å². The highest BCUT2D eigenvalue weighted by molar-refractivity contribution is 5.61. The quantitative estimate of drug-likeness (QED) is 0.912. The zero-order valence-corrected chi connectivity index (χ0v) is 11.4. The third-order valence-electron chi connectivity index (χ3n) is 4.15. The van der Waals surface area contributed by atoms with Crippen molar-refractivity contribution in [1.29, 1.82) is 0 Å². The molecule has 0 spiro atoms. The Bertz CT molecular complexity index is 518. The fourth-order valence-electron chi connectivity index (χ4n) is 3.06. The largest absolute Gasteiger partial charge is 0.315 e. The van der Waals surface area contributed by atoms with Gasteiger partial charge in [0, 0.05) is 17.8 Å². The van der Waals surface area contributed by atoms with Crippen LogP contribution in [0.5, 0.6) is 0 Å². The van der Waals surface area contributed by atoms with Gasteiger partial charge in [0.05, 0.1) is 12.2 Å². The normalized spacial score (nSPS) is 23.4. The first-order valence-electron chi connectivity index (χ1n) is 7.15. The Labute approximate surface area is 114 Å². The second-order valence-electron chi connectivity index (χ2n) is 5.32. The van der Waals surface area contributed by atoms with Crippen LogP contribution in [-0.2, 0) is 0 Å². The molecule has 1 aromatic carbocycles. The summed E-state index contributed by atoms with van der Waals surface area (Å²) < 4.78 is 2.16. The van der Waals surface area contributed by atoms with Crippen molar-refractivity contribution in [1.82, 2.24) is 15.1 Å². The van der Waals surface area contributed by atoms with Crippen LogP contribution in [0.15, 0.2) is 42.7 Å². The van der Waals surface area contributed by atoms with Crippen LogP contribution in [0.25, 0.3) is 11.1 Å². The van der Waals surface area contributed by atoms with E-state index in [9.17, 15) is 0 Å². The number of hydrogen-bond donors (Lipinski definition) is 1. The van der Waals surface area contributed by atoms with Crippen molar-refractivity contribution in [3.8, 4) is 11.1 Å². The van der Waals surface area contributed by atoms with Gasteiger partial charge in [0.2, 0.25) is 0 Å². The fourth-order valence-corrected chi connectivity index (χ4v) is 3.06. The zero-order valence-electron chi connectivity index (χ0n) is 11.4. The molecule has 1 heterocycles. The van der Waals surface area contributed by atoms with E-state index in [2.05, 4.69) is 52.6 Å². The van der Waals surface area contributed by atoms with Gasteiger partial charge in [-0.25, -0.2) is 0 Å². The van der Waals surface area contributed by atoms with Gasteiger partial charge in [0.25, 0.3) is 0 Å². The minimum absolute atomic E-state index is 0.496. The number of likely N-dealkylation sites (N-methyl/N-ethyl adjacent to an activating group) is 1. The molecule has 0 saturated heterocycles. The average molecular weight is 255 g/mol. The lowest BCUT2D eigenvalue weighted by molar-refractivity contribution is 0.257. The minimum Gasteiger partial charge on any atom is -0.315 e. The van der Waals surface area contributed by atoms with Crippen LogP contribution in [-0.4, -0.2) is 22.9 Å². The predicted octanol–water partition coefficient (Wildman–Crippen LogP) is 3.25. The number of aromatic nitrogens is 2. The molecule has 3 heteroatoms. The van der Waals surface area contributed by atoms with E-state index in [1.165, 1.54) is 36.8 Å². The van der Waals surface area contributed by atoms with Crippen LogP contribution in [0.3, 0.4) is 0 Å². The molecule has 1 aliphatic carbocycles. The van der Waals surface area contributed by atoms with Gasteiger partial charge in [-0.2, -0.15) is 5.10 Å². The maximum Gasteiger partial charge on any atom is 0.0672 e. The topological polar surface area (TPSA) is 29.9 Å². The van der Waals surface area contributed by atoms with E-state index in [1.54, 1.807) is 0 Å². The molecule has 1 aliphatic rings. The summed E-state index contributed by atoms with van der Waals surface area (Å²) in [6.45, 7) is 0. The number of nitrogens with one attached hydrogen (secondary N) is 1. The van der Waals surface area contributed by atoms with E-state index in [4.69, 9.17) is 0 Å². The van der Waals surface area contributed by atoms with Gasteiger partial charge in [0.15, 0.2) is 0 Å². The van der Waals surface area contributed by atoms with Crippen LogP contribution in [0.4, 0.5) is 0 Å². The molecule has 1 saturated carbocycles. The summed E-state index contributed by atoms with van der Waals surface area (Å²) in [6, 6.07) is 11.5. The Hall–Kier alpha value is -1.61. The van der Waals surface area contributed by atoms with Crippen molar-refractivity contribution in [3.05, 3.63) is 42.7 Å². The molecule has 0 bridgehead atoms. The van der Waals surface area contributed by atoms with E-state index < -0.39 is 0 Å². The molecule has 2 aromatic rings. The minimum atomic E-state index is 0.496. The van der Waals surface area contributed by atoms with Crippen LogP contribution >= 0.6 is 0 Å². The van der Waals surface area contributed by atoms with Crippen molar-refractivity contribution < 1.29 is 0 Å². The maximum atomic E-state index is 4.59. The summed E-state index contributed by atoms with van der Waals surface area (Å²) in [7, 11) is 2.06. The molecule has 19 heavy (non-hydrogen) atoms. The summed E-state index contributed by atoms with van der Waals surface area (Å²) in [5.74, 6) is 0. The van der Waals surface area contributed by atoms with E-state index >= 15 is 0 Å². The number of hydrogen-bond acceptors (Lipinski definition) is 2. The lowest BCUT2D eigenvalue weighted by Gasteiger charge is -2.31. The van der Waals surface area contributed by atoms with Crippen LogP contribution in [0, 0.1) is 0 Å². The second kappa shape index (κ2) is 5.57. The van der Waals surface area contributed by atoms with Gasteiger partial charge >= 0.3 is 0 Å². The zero-order chi connectivity index (χ0) is 13.1. The van der Waals surface area contributed by atoms with Crippen LogP contribution in [0.1, 0.15) is 31.7 Å². The molecular formula is C16H21N3. The first kappa shape index (κ1) is 12.4. The van der Waals surface area contributed by atoms with Crippen molar-refractivity contribution in [3.63, 3.8) is 0 Å². The van der Waals surface area contributed by atoms with Gasteiger partial charge in [-0.3, -0.25) is 4.68 Å². The highest BCUT2D eigenvalue weighted by Crippen LogP contribution is 2.29. The molecular weight excluding hydrogens is 234 g/mol. The van der Waals surface area contributed by atoms with Gasteiger partial charge in [-0.15, -0.1) is 0 Å². The molecule has 2 unspecified atom stereocenters. The van der Waals surface area contributed by atoms with Crippen molar-refractivity contribution in [2.75, 3.05) is 7.05 Å². The number of benzene rings is 1. The molecule has 1 aromatic heterocycles. The van der Waals surface area contributed by atoms with Crippen LogP contribution < -0.4 is 5.32 Å². The Morgan fingerprint density at radius 3 is 2.68 bits per heavy atom. The summed E-state index contributed by atoms with van der Waals surface area (Å²) >= 11 is 0. The highest BCUT2D eigenvalue weighted by Gasteiger charge is 2.25. The Morgan fingerprint density at radius 1 is 1.11 bits per heavy atom. The van der Waals surface area contributed by atoms with Gasteiger partial charge in [0.1, 0.15) is 0 Å². The average Bonchev–Trinajstić information content (AvgIpc) is 2.98. The lowest BCUT2D eigenvalue weighted by Crippen LogP contribution is -2.37. The standard InChI is InChI=1S/C16H21N3/c1-17-15-9-5-6-10-16(15)19-12-14(11-18-19)13-7-3-2-4-8-13/h2-4,7-8,11-12,15-17H,5-6,9-10H2,1H3. The Morgan fingerprint density at radius 2 is 1.89 bits per heavy atom. The smallest absolute Gasteiger partial charge is 0.0672 e. The Kier molecular flexibility index (Phi) is 3.65. The first-order valence-corrected chi connectivity index (χ1v) is 7.15. The van der Waals surface area contributed by atoms with Gasteiger partial charge in [-0.1, -0.05) is 43.2 Å². The van der Waals surface area contributed by atoms with Crippen molar-refractivity contribution in [2.45, 2.75) is 37.8 Å². The molecule has 3 rings (SSSR count). The fraction of sp³-hybridized carbons (Fsp3) is 0.438. The van der Waals surface area contributed by atoms with Crippen molar-refractivity contribution in [2.24, 2.45) is 0 Å². The molecule has 0 aliphatic heterocycles. The number of nitrogens with zero attached hydrogens (tertiary/aromatic N) is 2. The molecule has 0 radical (unpaired) electrons. The summed E-state index contributed by atoms with van der Waals surface area (Å²) in [6.07, 6.45) is 9.29. The predicted molar refractivity (Wildman–Crippen MR) is 78.0 cm³/mol. The molecule has 0 amide bonds. The first-order chi connectivity index (χ1) is 9.38. The third kappa shape index (κ3) is 2.56. The summed E-state index contributed by atoms with van der Waals surface area (Å²) in [5, 5.41) is 8.03. The molecule has 3 nitrogen and oxygen atoms in total. The SMILES string of the molecule is CNC1CCCCC1n1cc(-c2ccccc2)cn1. The molecule has 1 fully saturated rings. The van der Waals surface area contributed by atoms with E-state index in [1.807, 2.05) is 12.3 Å². The lowest BCUT2D eigenvalue weighted by atomic mass is 9.90. The monoisotopic (exact) mass is 255 g/mol. The molecule has 2 atom stereocenters. The van der Waals surface area contributed by atoms with E-state index in [0.717, 1.165) is 0 Å².